The number of nitrogens with one attached hydrogen (secondary N) is 1. The summed E-state index contributed by atoms with van der Waals surface area (Å²) in [6.45, 7) is 1.82. The number of hydrogen-bond acceptors (Lipinski definition) is 3. The molecule has 4 nitrogen and oxygen atoms in total. The topological polar surface area (TPSA) is 72.2 Å². The number of benzene rings is 2. The SMILES string of the molecule is CC(Nc1ccc(S(N)(=O)=O)cc1)c1ccc(Br)cc1F. The van der Waals surface area contributed by atoms with Crippen molar-refractivity contribution in [2.24, 2.45) is 5.14 Å². The fourth-order valence-corrected chi connectivity index (χ4v) is 2.77. The molecule has 2 aromatic carbocycles. The first-order chi connectivity index (χ1) is 9.77. The maximum Gasteiger partial charge on any atom is 0.238 e. The van der Waals surface area contributed by atoms with Crippen LogP contribution in [-0.4, -0.2) is 8.42 Å². The van der Waals surface area contributed by atoms with Gasteiger partial charge < -0.3 is 5.32 Å². The van der Waals surface area contributed by atoms with E-state index in [1.165, 1.54) is 18.2 Å². The van der Waals surface area contributed by atoms with Crippen LogP contribution >= 0.6 is 15.9 Å². The fraction of sp³-hybridized carbons (Fsp3) is 0.143. The van der Waals surface area contributed by atoms with Crippen LogP contribution in [0.4, 0.5) is 10.1 Å². The molecule has 0 saturated heterocycles. The monoisotopic (exact) mass is 372 g/mol. The van der Waals surface area contributed by atoms with Crippen molar-refractivity contribution in [3.05, 3.63) is 58.3 Å². The molecular weight excluding hydrogens is 359 g/mol. The van der Waals surface area contributed by atoms with Gasteiger partial charge in [-0.1, -0.05) is 22.0 Å². The molecule has 2 aromatic rings. The second-order valence-corrected chi connectivity index (χ2v) is 7.08. The van der Waals surface area contributed by atoms with Crippen molar-refractivity contribution >= 4 is 31.6 Å². The van der Waals surface area contributed by atoms with Crippen LogP contribution in [0.15, 0.2) is 51.8 Å². The van der Waals surface area contributed by atoms with E-state index in [2.05, 4.69) is 21.2 Å². The molecule has 21 heavy (non-hydrogen) atoms. The Kier molecular flexibility index (Phi) is 4.65. The molecule has 1 unspecified atom stereocenters. The van der Waals surface area contributed by atoms with Crippen molar-refractivity contribution < 1.29 is 12.8 Å². The highest BCUT2D eigenvalue weighted by molar-refractivity contribution is 9.10. The van der Waals surface area contributed by atoms with Gasteiger partial charge in [0.25, 0.3) is 0 Å². The Morgan fingerprint density at radius 2 is 1.81 bits per heavy atom. The van der Waals surface area contributed by atoms with Gasteiger partial charge in [-0.3, -0.25) is 0 Å². The highest BCUT2D eigenvalue weighted by Gasteiger charge is 2.12. The summed E-state index contributed by atoms with van der Waals surface area (Å²) in [7, 11) is -3.70. The minimum absolute atomic E-state index is 0.0375. The maximum absolute atomic E-state index is 13.9. The Bertz CT molecular complexity index is 748. The quantitative estimate of drug-likeness (QED) is 0.863. The first-order valence-corrected chi connectivity index (χ1v) is 8.45. The van der Waals surface area contributed by atoms with Crippen LogP contribution in [0.2, 0.25) is 0 Å². The van der Waals surface area contributed by atoms with Crippen LogP contribution in [0.3, 0.4) is 0 Å². The molecule has 3 N–H and O–H groups in total. The molecule has 0 bridgehead atoms. The van der Waals surface area contributed by atoms with E-state index in [-0.39, 0.29) is 16.8 Å². The van der Waals surface area contributed by atoms with Gasteiger partial charge in [0.05, 0.1) is 10.9 Å². The van der Waals surface area contributed by atoms with Gasteiger partial charge in [0.15, 0.2) is 0 Å². The molecule has 2 rings (SSSR count). The molecule has 0 aliphatic heterocycles. The van der Waals surface area contributed by atoms with Gasteiger partial charge >= 0.3 is 0 Å². The van der Waals surface area contributed by atoms with E-state index in [4.69, 9.17) is 5.14 Å². The first kappa shape index (κ1) is 15.9. The summed E-state index contributed by atoms with van der Waals surface area (Å²) in [5.74, 6) is -0.314. The van der Waals surface area contributed by atoms with Gasteiger partial charge in [-0.2, -0.15) is 0 Å². The van der Waals surface area contributed by atoms with Gasteiger partial charge in [0, 0.05) is 15.7 Å². The summed E-state index contributed by atoms with van der Waals surface area (Å²) in [4.78, 5) is 0.0375. The van der Waals surface area contributed by atoms with Crippen LogP contribution in [0, 0.1) is 5.82 Å². The Hall–Kier alpha value is -1.44. The molecule has 0 amide bonds. The summed E-state index contributed by atoms with van der Waals surface area (Å²) in [5.41, 5.74) is 1.20. The third kappa shape index (κ3) is 4.03. The molecule has 0 saturated carbocycles. The molecular formula is C14H14BrFN2O2S. The average molecular weight is 373 g/mol. The normalized spacial score (nSPS) is 13.0. The van der Waals surface area contributed by atoms with Crippen LogP contribution < -0.4 is 10.5 Å². The lowest BCUT2D eigenvalue weighted by molar-refractivity contribution is 0.598. The van der Waals surface area contributed by atoms with Crippen molar-refractivity contribution in [3.63, 3.8) is 0 Å². The van der Waals surface area contributed by atoms with E-state index in [1.54, 1.807) is 24.3 Å². The smallest absolute Gasteiger partial charge is 0.238 e. The number of anilines is 1. The van der Waals surface area contributed by atoms with E-state index in [9.17, 15) is 12.8 Å². The summed E-state index contributed by atoms with van der Waals surface area (Å²) in [5, 5.41) is 8.14. The summed E-state index contributed by atoms with van der Waals surface area (Å²) < 4.78 is 36.9. The summed E-state index contributed by atoms with van der Waals surface area (Å²) in [6, 6.07) is 10.6. The zero-order chi connectivity index (χ0) is 15.6. The number of rotatable bonds is 4. The lowest BCUT2D eigenvalue weighted by atomic mass is 10.1. The predicted octanol–water partition coefficient (Wildman–Crippen LogP) is 3.41. The highest BCUT2D eigenvalue weighted by Crippen LogP contribution is 2.24. The van der Waals surface area contributed by atoms with E-state index >= 15 is 0 Å². The summed E-state index contributed by atoms with van der Waals surface area (Å²) >= 11 is 3.21. The van der Waals surface area contributed by atoms with Gasteiger partial charge in [-0.25, -0.2) is 17.9 Å². The zero-order valence-corrected chi connectivity index (χ0v) is 13.6. The number of sulfonamides is 1. The van der Waals surface area contributed by atoms with Gasteiger partial charge in [0.2, 0.25) is 10.0 Å². The molecule has 0 aliphatic carbocycles. The third-order valence-corrected chi connectivity index (χ3v) is 4.42. The molecule has 112 valence electrons. The van der Waals surface area contributed by atoms with Gasteiger partial charge in [0.1, 0.15) is 5.82 Å². The van der Waals surface area contributed by atoms with Crippen molar-refractivity contribution in [3.8, 4) is 0 Å². The predicted molar refractivity (Wildman–Crippen MR) is 84.0 cm³/mol. The van der Waals surface area contributed by atoms with Crippen LogP contribution in [-0.2, 0) is 10.0 Å². The van der Waals surface area contributed by atoms with E-state index < -0.39 is 10.0 Å². The molecule has 0 radical (unpaired) electrons. The molecule has 1 atom stereocenters. The Labute approximate surface area is 131 Å². The molecule has 0 heterocycles. The molecule has 0 aliphatic rings. The number of hydrogen-bond donors (Lipinski definition) is 2. The number of nitrogens with two attached hydrogens (primary N) is 1. The lowest BCUT2D eigenvalue weighted by Gasteiger charge is -2.16. The highest BCUT2D eigenvalue weighted by atomic mass is 79.9. The fourth-order valence-electron chi connectivity index (χ4n) is 1.92. The number of halogens is 2. The Balaban J connectivity index is 2.18. The van der Waals surface area contributed by atoms with Crippen molar-refractivity contribution in [1.82, 2.24) is 0 Å². The van der Waals surface area contributed by atoms with E-state index in [0.29, 0.717) is 15.7 Å². The molecule has 7 heteroatoms. The molecule has 0 aromatic heterocycles. The van der Waals surface area contributed by atoms with Crippen molar-refractivity contribution in [2.75, 3.05) is 5.32 Å². The first-order valence-electron chi connectivity index (χ1n) is 6.12. The van der Waals surface area contributed by atoms with Gasteiger partial charge in [-0.05, 0) is 43.3 Å². The Morgan fingerprint density at radius 1 is 1.19 bits per heavy atom. The maximum atomic E-state index is 13.9. The zero-order valence-electron chi connectivity index (χ0n) is 11.2. The van der Waals surface area contributed by atoms with Crippen LogP contribution in [0.25, 0.3) is 0 Å². The standard InChI is InChI=1S/C14H14BrFN2O2S/c1-9(13-7-2-10(15)8-14(13)16)18-11-3-5-12(6-4-11)21(17,19)20/h2-9,18H,1H3,(H2,17,19,20). The largest absolute Gasteiger partial charge is 0.378 e. The van der Waals surface area contributed by atoms with Crippen molar-refractivity contribution in [2.45, 2.75) is 17.9 Å². The van der Waals surface area contributed by atoms with Crippen LogP contribution in [0.5, 0.6) is 0 Å². The second-order valence-electron chi connectivity index (χ2n) is 4.60. The third-order valence-electron chi connectivity index (χ3n) is 3.00. The number of primary sulfonamides is 1. The van der Waals surface area contributed by atoms with E-state index in [0.717, 1.165) is 0 Å². The second kappa shape index (κ2) is 6.13. The molecule has 0 fully saturated rings. The Morgan fingerprint density at radius 3 is 2.33 bits per heavy atom. The lowest BCUT2D eigenvalue weighted by Crippen LogP contribution is -2.12. The molecule has 0 spiro atoms. The minimum atomic E-state index is -3.70. The average Bonchev–Trinajstić information content (AvgIpc) is 2.38. The van der Waals surface area contributed by atoms with E-state index in [1.807, 2.05) is 6.92 Å². The summed E-state index contributed by atoms with van der Waals surface area (Å²) in [6.07, 6.45) is 0. The van der Waals surface area contributed by atoms with Crippen LogP contribution in [0.1, 0.15) is 18.5 Å². The van der Waals surface area contributed by atoms with Crippen molar-refractivity contribution in [1.29, 1.82) is 0 Å². The minimum Gasteiger partial charge on any atom is -0.378 e. The van der Waals surface area contributed by atoms with Gasteiger partial charge in [-0.15, -0.1) is 0 Å².